The summed E-state index contributed by atoms with van der Waals surface area (Å²) in [5.74, 6) is 0.352. The van der Waals surface area contributed by atoms with Gasteiger partial charge in [-0.2, -0.15) is 4.98 Å². The number of nitro benzene ring substituents is 1. The zero-order chi connectivity index (χ0) is 18.5. The highest BCUT2D eigenvalue weighted by molar-refractivity contribution is 5.89. The molecule has 3 rings (SSSR count). The van der Waals surface area contributed by atoms with E-state index in [0.717, 1.165) is 0 Å². The van der Waals surface area contributed by atoms with Crippen LogP contribution in [0.1, 0.15) is 16.2 Å². The lowest BCUT2D eigenvalue weighted by Crippen LogP contribution is -2.05. The molecule has 0 spiro atoms. The number of carbonyl (C=O) groups excluding carboxylic acids is 1. The highest BCUT2D eigenvalue weighted by Crippen LogP contribution is 2.27. The summed E-state index contributed by atoms with van der Waals surface area (Å²) in [7, 11) is 1.53. The first-order valence-corrected chi connectivity index (χ1v) is 7.46. The van der Waals surface area contributed by atoms with Crippen molar-refractivity contribution < 1.29 is 23.7 Å². The molecule has 1 heterocycles. The Balaban J connectivity index is 1.66. The molecule has 9 heteroatoms. The first-order valence-electron chi connectivity index (χ1n) is 7.46. The summed E-state index contributed by atoms with van der Waals surface area (Å²) in [5, 5.41) is 14.5. The van der Waals surface area contributed by atoms with Crippen LogP contribution >= 0.6 is 0 Å². The summed E-state index contributed by atoms with van der Waals surface area (Å²) >= 11 is 0. The number of non-ortho nitro benzene ring substituents is 1. The Hall–Kier alpha value is -3.75. The lowest BCUT2D eigenvalue weighted by molar-refractivity contribution is -0.384. The number of hydrogen-bond acceptors (Lipinski definition) is 8. The Labute approximate surface area is 147 Å². The summed E-state index contributed by atoms with van der Waals surface area (Å²) in [6.07, 6.45) is 0. The van der Waals surface area contributed by atoms with Crippen LogP contribution in [0.5, 0.6) is 5.75 Å². The largest absolute Gasteiger partial charge is 0.496 e. The minimum atomic E-state index is -0.656. The number of rotatable bonds is 6. The van der Waals surface area contributed by atoms with E-state index in [4.69, 9.17) is 14.0 Å². The number of hydrogen-bond donors (Lipinski definition) is 0. The SMILES string of the molecule is COc1ccccc1-c1noc(COC(=O)c2ccc([N+](=O)[O-])cc2)n1. The van der Waals surface area contributed by atoms with Gasteiger partial charge in [-0.3, -0.25) is 10.1 Å². The Bertz CT molecular complexity index is 936. The van der Waals surface area contributed by atoms with Crippen LogP contribution in [0.2, 0.25) is 0 Å². The molecule has 0 aliphatic carbocycles. The molecule has 1 aromatic heterocycles. The molecule has 132 valence electrons. The molecule has 3 aromatic rings. The van der Waals surface area contributed by atoms with E-state index in [1.807, 2.05) is 12.1 Å². The van der Waals surface area contributed by atoms with Crippen LogP contribution < -0.4 is 4.74 Å². The van der Waals surface area contributed by atoms with Crippen molar-refractivity contribution in [3.05, 3.63) is 70.1 Å². The van der Waals surface area contributed by atoms with Crippen molar-refractivity contribution in [3.63, 3.8) is 0 Å². The quantitative estimate of drug-likeness (QED) is 0.376. The lowest BCUT2D eigenvalue weighted by Gasteiger charge is -2.03. The zero-order valence-electron chi connectivity index (χ0n) is 13.6. The van der Waals surface area contributed by atoms with Crippen LogP contribution in [-0.2, 0) is 11.3 Å². The number of ether oxygens (including phenoxy) is 2. The lowest BCUT2D eigenvalue weighted by atomic mass is 10.2. The Morgan fingerprint density at radius 2 is 1.92 bits per heavy atom. The van der Waals surface area contributed by atoms with Crippen molar-refractivity contribution in [1.29, 1.82) is 0 Å². The second kappa shape index (κ2) is 7.43. The Kier molecular flexibility index (Phi) is 4.88. The molecule has 9 nitrogen and oxygen atoms in total. The van der Waals surface area contributed by atoms with E-state index in [1.165, 1.54) is 31.4 Å². The molecule has 0 amide bonds. The molecule has 0 saturated carbocycles. The van der Waals surface area contributed by atoms with Crippen LogP contribution in [0.25, 0.3) is 11.4 Å². The number of benzene rings is 2. The first-order chi connectivity index (χ1) is 12.6. The van der Waals surface area contributed by atoms with Crippen molar-refractivity contribution in [2.24, 2.45) is 0 Å². The Morgan fingerprint density at radius 3 is 2.62 bits per heavy atom. The molecule has 0 aliphatic heterocycles. The average molecular weight is 355 g/mol. The molecular weight excluding hydrogens is 342 g/mol. The maximum absolute atomic E-state index is 12.0. The van der Waals surface area contributed by atoms with Gasteiger partial charge in [0.15, 0.2) is 6.61 Å². The van der Waals surface area contributed by atoms with E-state index in [0.29, 0.717) is 17.1 Å². The normalized spacial score (nSPS) is 10.3. The van der Waals surface area contributed by atoms with Crippen LogP contribution in [0.15, 0.2) is 53.1 Å². The van der Waals surface area contributed by atoms with Gasteiger partial charge in [-0.25, -0.2) is 4.79 Å². The van der Waals surface area contributed by atoms with Crippen molar-refractivity contribution in [2.45, 2.75) is 6.61 Å². The average Bonchev–Trinajstić information content (AvgIpc) is 3.15. The van der Waals surface area contributed by atoms with Crippen molar-refractivity contribution in [1.82, 2.24) is 10.1 Å². The van der Waals surface area contributed by atoms with Gasteiger partial charge >= 0.3 is 5.97 Å². The summed E-state index contributed by atoms with van der Waals surface area (Å²) in [4.78, 5) is 26.2. The van der Waals surface area contributed by atoms with Crippen LogP contribution in [0, 0.1) is 10.1 Å². The van der Waals surface area contributed by atoms with Crippen LogP contribution in [-0.4, -0.2) is 28.1 Å². The van der Waals surface area contributed by atoms with E-state index < -0.39 is 10.9 Å². The summed E-state index contributed by atoms with van der Waals surface area (Å²) in [6, 6.07) is 12.2. The predicted molar refractivity (Wildman–Crippen MR) is 88.5 cm³/mol. The van der Waals surface area contributed by atoms with E-state index in [-0.39, 0.29) is 23.7 Å². The third-order valence-corrected chi connectivity index (χ3v) is 3.46. The topological polar surface area (TPSA) is 118 Å². The number of carbonyl (C=O) groups is 1. The molecule has 2 aromatic carbocycles. The number of nitrogens with zero attached hydrogens (tertiary/aromatic N) is 3. The van der Waals surface area contributed by atoms with Gasteiger partial charge in [0, 0.05) is 12.1 Å². The van der Waals surface area contributed by atoms with Gasteiger partial charge in [0.2, 0.25) is 5.82 Å². The minimum absolute atomic E-state index is 0.111. The highest BCUT2D eigenvalue weighted by atomic mass is 16.6. The molecule has 0 bridgehead atoms. The number of nitro groups is 1. The molecule has 0 saturated heterocycles. The van der Waals surface area contributed by atoms with Gasteiger partial charge in [0.25, 0.3) is 11.6 Å². The fourth-order valence-electron chi connectivity index (χ4n) is 2.18. The van der Waals surface area contributed by atoms with Gasteiger partial charge in [0.1, 0.15) is 5.75 Å². The monoisotopic (exact) mass is 355 g/mol. The summed E-state index contributed by atoms with van der Waals surface area (Å²) in [5.41, 5.74) is 0.715. The van der Waals surface area contributed by atoms with E-state index in [1.54, 1.807) is 12.1 Å². The number of methoxy groups -OCH3 is 1. The molecule has 0 atom stereocenters. The minimum Gasteiger partial charge on any atom is -0.496 e. The molecule has 0 fully saturated rings. The van der Waals surface area contributed by atoms with Crippen LogP contribution in [0.4, 0.5) is 5.69 Å². The fourth-order valence-corrected chi connectivity index (χ4v) is 2.18. The molecule has 0 aliphatic rings. The number of aromatic nitrogens is 2. The number of para-hydroxylation sites is 1. The molecule has 0 N–H and O–H groups in total. The van der Waals surface area contributed by atoms with E-state index >= 15 is 0 Å². The van der Waals surface area contributed by atoms with Gasteiger partial charge in [0.05, 0.1) is 23.2 Å². The summed E-state index contributed by atoms with van der Waals surface area (Å²) < 4.78 is 15.4. The van der Waals surface area contributed by atoms with Crippen molar-refractivity contribution >= 4 is 11.7 Å². The maximum Gasteiger partial charge on any atom is 0.338 e. The fraction of sp³-hybridized carbons (Fsp3) is 0.118. The Morgan fingerprint density at radius 1 is 1.19 bits per heavy atom. The second-order valence-corrected chi connectivity index (χ2v) is 5.09. The van der Waals surface area contributed by atoms with Gasteiger partial charge < -0.3 is 14.0 Å². The molecule has 26 heavy (non-hydrogen) atoms. The predicted octanol–water partition coefficient (Wildman–Crippen LogP) is 3.01. The van der Waals surface area contributed by atoms with Gasteiger partial charge in [-0.15, -0.1) is 0 Å². The zero-order valence-corrected chi connectivity index (χ0v) is 13.6. The van der Waals surface area contributed by atoms with Crippen molar-refractivity contribution in [2.75, 3.05) is 7.11 Å². The molecular formula is C17H13N3O6. The smallest absolute Gasteiger partial charge is 0.338 e. The standard InChI is InChI=1S/C17H13N3O6/c1-24-14-5-3-2-4-13(14)16-18-15(26-19-16)10-25-17(21)11-6-8-12(9-7-11)20(22)23/h2-9H,10H2,1H3. The van der Waals surface area contributed by atoms with Gasteiger partial charge in [-0.05, 0) is 24.3 Å². The van der Waals surface area contributed by atoms with Gasteiger partial charge in [-0.1, -0.05) is 17.3 Å². The molecule has 0 unspecified atom stereocenters. The number of esters is 1. The third kappa shape index (κ3) is 3.66. The third-order valence-electron chi connectivity index (χ3n) is 3.46. The molecule has 0 radical (unpaired) electrons. The second-order valence-electron chi connectivity index (χ2n) is 5.09. The van der Waals surface area contributed by atoms with E-state index in [9.17, 15) is 14.9 Å². The maximum atomic E-state index is 12.0. The highest BCUT2D eigenvalue weighted by Gasteiger charge is 2.15. The van der Waals surface area contributed by atoms with E-state index in [2.05, 4.69) is 10.1 Å². The first kappa shape index (κ1) is 17.1. The van der Waals surface area contributed by atoms with Crippen LogP contribution in [0.3, 0.4) is 0 Å². The van der Waals surface area contributed by atoms with Crippen molar-refractivity contribution in [3.8, 4) is 17.1 Å². The summed E-state index contributed by atoms with van der Waals surface area (Å²) in [6.45, 7) is -0.224.